The van der Waals surface area contributed by atoms with Crippen LogP contribution in [0.15, 0.2) is 21.9 Å². The van der Waals surface area contributed by atoms with Crippen LogP contribution in [-0.4, -0.2) is 36.4 Å². The average Bonchev–Trinajstić information content (AvgIpc) is 3.17. The molecule has 2 saturated heterocycles. The second-order valence-corrected chi connectivity index (χ2v) is 13.0. The number of ether oxygens (including phenoxy) is 2. The van der Waals surface area contributed by atoms with Crippen molar-refractivity contribution in [1.29, 1.82) is 0 Å². The Morgan fingerprint density at radius 3 is 2.50 bits per heavy atom. The molecule has 0 bridgehead atoms. The van der Waals surface area contributed by atoms with Gasteiger partial charge in [-0.25, -0.2) is 4.79 Å². The van der Waals surface area contributed by atoms with Gasteiger partial charge in [0.1, 0.15) is 18.9 Å². The van der Waals surface area contributed by atoms with Crippen molar-refractivity contribution in [1.82, 2.24) is 9.55 Å². The van der Waals surface area contributed by atoms with Gasteiger partial charge in [0.25, 0.3) is 5.56 Å². The largest absolute Gasteiger partial charge is 0.408 e. The summed E-state index contributed by atoms with van der Waals surface area (Å²) in [6, 6.07) is 1.32. The van der Waals surface area contributed by atoms with Gasteiger partial charge in [-0.1, -0.05) is 27.7 Å². The SMILES string of the molecule is CC1C(n2ccc(=O)[nH]c2=O)OC2(CO2)C1O[Si](C)(C)C(C)(C)C. The summed E-state index contributed by atoms with van der Waals surface area (Å²) in [7, 11) is -2.02. The zero-order chi connectivity index (χ0) is 17.9. The van der Waals surface area contributed by atoms with Gasteiger partial charge < -0.3 is 13.9 Å². The van der Waals surface area contributed by atoms with Crippen molar-refractivity contribution < 1.29 is 13.9 Å². The molecule has 2 aliphatic rings. The highest BCUT2D eigenvalue weighted by Crippen LogP contribution is 2.52. The van der Waals surface area contributed by atoms with Crippen LogP contribution in [0.25, 0.3) is 0 Å². The van der Waals surface area contributed by atoms with Gasteiger partial charge in [-0.05, 0) is 18.1 Å². The van der Waals surface area contributed by atoms with E-state index in [2.05, 4.69) is 38.8 Å². The second kappa shape index (κ2) is 5.39. The first kappa shape index (κ1) is 17.6. The van der Waals surface area contributed by atoms with E-state index >= 15 is 0 Å². The summed E-state index contributed by atoms with van der Waals surface area (Å²) in [6.45, 7) is 13.4. The normalized spacial score (nSPS) is 33.2. The van der Waals surface area contributed by atoms with Gasteiger partial charge in [-0.2, -0.15) is 0 Å². The Labute approximate surface area is 142 Å². The van der Waals surface area contributed by atoms with E-state index in [0.717, 1.165) is 0 Å². The van der Waals surface area contributed by atoms with Crippen molar-refractivity contribution >= 4 is 8.32 Å². The Bertz CT molecular complexity index is 744. The van der Waals surface area contributed by atoms with Gasteiger partial charge in [-0.3, -0.25) is 14.3 Å². The van der Waals surface area contributed by atoms with E-state index in [1.165, 1.54) is 16.8 Å². The van der Waals surface area contributed by atoms with E-state index in [9.17, 15) is 9.59 Å². The third-order valence-corrected chi connectivity index (χ3v) is 9.92. The fraction of sp³-hybridized carbons (Fsp3) is 0.750. The van der Waals surface area contributed by atoms with Crippen LogP contribution in [0, 0.1) is 5.92 Å². The molecule has 1 aromatic rings. The molecule has 0 radical (unpaired) electrons. The molecule has 0 amide bonds. The summed E-state index contributed by atoms with van der Waals surface area (Å²) >= 11 is 0. The minimum absolute atomic E-state index is 0.0652. The van der Waals surface area contributed by atoms with Crippen LogP contribution in [0.3, 0.4) is 0 Å². The van der Waals surface area contributed by atoms with Crippen molar-refractivity contribution in [3.63, 3.8) is 0 Å². The Kier molecular flexibility index (Phi) is 3.95. The first-order valence-corrected chi connectivity index (χ1v) is 11.2. The van der Waals surface area contributed by atoms with Crippen molar-refractivity contribution in [2.24, 2.45) is 5.92 Å². The molecular weight excluding hydrogens is 328 g/mol. The molecule has 8 heteroatoms. The molecule has 0 aliphatic carbocycles. The maximum absolute atomic E-state index is 12.1. The highest BCUT2D eigenvalue weighted by molar-refractivity contribution is 6.74. The maximum atomic E-state index is 12.1. The molecule has 1 N–H and O–H groups in total. The lowest BCUT2D eigenvalue weighted by atomic mass is 10.0. The molecule has 4 atom stereocenters. The highest BCUT2D eigenvalue weighted by Gasteiger charge is 2.65. The van der Waals surface area contributed by atoms with Crippen molar-refractivity contribution in [3.05, 3.63) is 33.1 Å². The molecule has 134 valence electrons. The Hall–Kier alpha value is -1.22. The predicted molar refractivity (Wildman–Crippen MR) is 91.4 cm³/mol. The lowest BCUT2D eigenvalue weighted by molar-refractivity contribution is -0.0961. The van der Waals surface area contributed by atoms with Crippen LogP contribution >= 0.6 is 0 Å². The number of hydrogen-bond donors (Lipinski definition) is 1. The number of rotatable bonds is 3. The van der Waals surface area contributed by atoms with Crippen molar-refractivity contribution in [3.8, 4) is 0 Å². The molecular formula is C16H26N2O5Si. The molecule has 1 aromatic heterocycles. The summed E-state index contributed by atoms with van der Waals surface area (Å²) in [6.07, 6.45) is 0.710. The van der Waals surface area contributed by atoms with Gasteiger partial charge in [0.2, 0.25) is 5.79 Å². The topological polar surface area (TPSA) is 85.9 Å². The van der Waals surface area contributed by atoms with Crippen LogP contribution in [0.5, 0.6) is 0 Å². The molecule has 3 heterocycles. The lowest BCUT2D eigenvalue weighted by Crippen LogP contribution is -2.48. The summed E-state index contributed by atoms with van der Waals surface area (Å²) in [5.41, 5.74) is -0.906. The second-order valence-electron chi connectivity index (χ2n) is 8.28. The fourth-order valence-corrected chi connectivity index (χ4v) is 4.24. The molecule has 4 unspecified atom stereocenters. The monoisotopic (exact) mass is 354 g/mol. The Balaban J connectivity index is 1.90. The summed E-state index contributed by atoms with van der Waals surface area (Å²) in [5, 5.41) is 0.0652. The highest BCUT2D eigenvalue weighted by atomic mass is 28.4. The number of hydrogen-bond acceptors (Lipinski definition) is 5. The third-order valence-electron chi connectivity index (χ3n) is 5.46. The summed E-state index contributed by atoms with van der Waals surface area (Å²) < 4.78 is 19.6. The van der Waals surface area contributed by atoms with Crippen molar-refractivity contribution in [2.75, 3.05) is 6.61 Å². The molecule has 24 heavy (non-hydrogen) atoms. The number of epoxide rings is 1. The number of nitrogens with zero attached hydrogens (tertiary/aromatic N) is 1. The standard InChI is InChI=1S/C16H26N2O5Si/c1-10-12(23-24(5,6)15(2,3)4)16(9-21-16)22-13(10)18-8-7-11(19)17-14(18)20/h7-8,10,12-13H,9H2,1-6H3,(H,17,19,20). The molecule has 7 nitrogen and oxygen atoms in total. The van der Waals surface area contributed by atoms with Crippen LogP contribution < -0.4 is 11.2 Å². The molecule has 2 fully saturated rings. The molecule has 0 saturated carbocycles. The maximum Gasteiger partial charge on any atom is 0.330 e. The minimum Gasteiger partial charge on any atom is -0.408 e. The van der Waals surface area contributed by atoms with Gasteiger partial charge >= 0.3 is 5.69 Å². The van der Waals surface area contributed by atoms with Crippen LogP contribution in [0.2, 0.25) is 18.1 Å². The Morgan fingerprint density at radius 2 is 2.00 bits per heavy atom. The number of aromatic nitrogens is 2. The predicted octanol–water partition coefficient (Wildman–Crippen LogP) is 1.82. The van der Waals surface area contributed by atoms with E-state index < -0.39 is 31.6 Å². The van der Waals surface area contributed by atoms with Gasteiger partial charge in [0.15, 0.2) is 8.32 Å². The van der Waals surface area contributed by atoms with E-state index in [1.54, 1.807) is 0 Å². The smallest absolute Gasteiger partial charge is 0.330 e. The fourth-order valence-electron chi connectivity index (χ4n) is 2.86. The molecule has 2 aliphatic heterocycles. The van der Waals surface area contributed by atoms with E-state index in [4.69, 9.17) is 13.9 Å². The number of nitrogens with one attached hydrogen (secondary N) is 1. The van der Waals surface area contributed by atoms with Gasteiger partial charge in [0.05, 0.1) is 0 Å². The third kappa shape index (κ3) is 2.81. The zero-order valence-electron chi connectivity index (χ0n) is 15.1. The first-order chi connectivity index (χ1) is 11.0. The first-order valence-electron chi connectivity index (χ1n) is 8.28. The van der Waals surface area contributed by atoms with Gasteiger partial charge in [0, 0.05) is 18.2 Å². The van der Waals surface area contributed by atoms with Crippen LogP contribution in [0.1, 0.15) is 33.9 Å². The van der Waals surface area contributed by atoms with Gasteiger partial charge in [-0.15, -0.1) is 0 Å². The average molecular weight is 354 g/mol. The van der Waals surface area contributed by atoms with E-state index in [1.807, 2.05) is 6.92 Å². The lowest BCUT2D eigenvalue weighted by Gasteiger charge is -2.39. The quantitative estimate of drug-likeness (QED) is 0.661. The van der Waals surface area contributed by atoms with Crippen LogP contribution in [-0.2, 0) is 13.9 Å². The molecule has 1 spiro atoms. The zero-order valence-corrected chi connectivity index (χ0v) is 16.1. The molecule has 0 aromatic carbocycles. The van der Waals surface area contributed by atoms with E-state index in [0.29, 0.717) is 6.61 Å². The number of H-pyrrole nitrogens is 1. The van der Waals surface area contributed by atoms with Crippen LogP contribution in [0.4, 0.5) is 0 Å². The molecule has 3 rings (SSSR count). The van der Waals surface area contributed by atoms with Crippen molar-refractivity contribution in [2.45, 2.75) is 63.9 Å². The summed E-state index contributed by atoms with van der Waals surface area (Å²) in [5.74, 6) is -0.847. The number of aromatic amines is 1. The summed E-state index contributed by atoms with van der Waals surface area (Å²) in [4.78, 5) is 25.7. The minimum atomic E-state index is -2.02. The van der Waals surface area contributed by atoms with E-state index in [-0.39, 0.29) is 17.1 Å². The Morgan fingerprint density at radius 1 is 1.38 bits per heavy atom.